The molecule has 0 amide bonds. The van der Waals surface area contributed by atoms with Gasteiger partial charge in [-0.15, -0.1) is 0 Å². The standard InChI is InChI=1S/C11H14FNO3/c1-13-6-10(14)8-4-3-7(5-9(8)12)11(15)16-2/h3-5,10,13-14H,6H2,1-2H3. The molecule has 0 heterocycles. The molecule has 0 aliphatic rings. The number of rotatable bonds is 4. The van der Waals surface area contributed by atoms with Crippen LogP contribution >= 0.6 is 0 Å². The van der Waals surface area contributed by atoms with Crippen LogP contribution in [0, 0.1) is 5.82 Å². The van der Waals surface area contributed by atoms with E-state index >= 15 is 0 Å². The molecule has 4 nitrogen and oxygen atoms in total. The predicted molar refractivity (Wildman–Crippen MR) is 56.6 cm³/mol. The minimum absolute atomic E-state index is 0.125. The van der Waals surface area contributed by atoms with Gasteiger partial charge in [0, 0.05) is 12.1 Å². The quantitative estimate of drug-likeness (QED) is 0.749. The Bertz CT molecular complexity index is 381. The van der Waals surface area contributed by atoms with Crippen molar-refractivity contribution in [2.75, 3.05) is 20.7 Å². The van der Waals surface area contributed by atoms with E-state index in [1.54, 1.807) is 7.05 Å². The Kier molecular flexibility index (Phi) is 4.39. The highest BCUT2D eigenvalue weighted by Gasteiger charge is 2.14. The third-order valence-corrected chi connectivity index (χ3v) is 2.18. The van der Waals surface area contributed by atoms with Crippen LogP contribution in [-0.2, 0) is 4.74 Å². The topological polar surface area (TPSA) is 58.6 Å². The van der Waals surface area contributed by atoms with Crippen molar-refractivity contribution >= 4 is 5.97 Å². The Morgan fingerprint density at radius 2 is 2.31 bits per heavy atom. The molecule has 0 saturated heterocycles. The zero-order valence-electron chi connectivity index (χ0n) is 9.16. The van der Waals surface area contributed by atoms with Gasteiger partial charge >= 0.3 is 5.97 Å². The number of methoxy groups -OCH3 is 1. The Morgan fingerprint density at radius 1 is 1.62 bits per heavy atom. The number of ether oxygens (including phenoxy) is 1. The highest BCUT2D eigenvalue weighted by atomic mass is 19.1. The van der Waals surface area contributed by atoms with Crippen LogP contribution in [0.4, 0.5) is 4.39 Å². The highest BCUT2D eigenvalue weighted by molar-refractivity contribution is 5.89. The Hall–Kier alpha value is -1.46. The second-order valence-electron chi connectivity index (χ2n) is 3.30. The summed E-state index contributed by atoms with van der Waals surface area (Å²) in [4.78, 5) is 11.1. The predicted octanol–water partition coefficient (Wildman–Crippen LogP) is 0.865. The molecule has 2 N–H and O–H groups in total. The first-order chi connectivity index (χ1) is 7.60. The van der Waals surface area contributed by atoms with E-state index in [1.807, 2.05) is 0 Å². The van der Waals surface area contributed by atoms with Gasteiger partial charge in [0.2, 0.25) is 0 Å². The minimum Gasteiger partial charge on any atom is -0.465 e. The van der Waals surface area contributed by atoms with E-state index in [0.717, 1.165) is 6.07 Å². The average Bonchev–Trinajstić information content (AvgIpc) is 2.28. The van der Waals surface area contributed by atoms with Gasteiger partial charge in [0.1, 0.15) is 5.82 Å². The molecule has 1 atom stereocenters. The van der Waals surface area contributed by atoms with Gasteiger partial charge in [-0.2, -0.15) is 0 Å². The van der Waals surface area contributed by atoms with Crippen molar-refractivity contribution in [1.82, 2.24) is 5.32 Å². The highest BCUT2D eigenvalue weighted by Crippen LogP contribution is 2.18. The number of nitrogens with one attached hydrogen (secondary N) is 1. The van der Waals surface area contributed by atoms with Gasteiger partial charge in [-0.1, -0.05) is 6.07 Å². The fourth-order valence-corrected chi connectivity index (χ4v) is 1.35. The van der Waals surface area contributed by atoms with Crippen molar-refractivity contribution in [3.8, 4) is 0 Å². The van der Waals surface area contributed by atoms with Crippen molar-refractivity contribution in [3.63, 3.8) is 0 Å². The zero-order valence-corrected chi connectivity index (χ0v) is 9.16. The van der Waals surface area contributed by atoms with Crippen molar-refractivity contribution in [2.24, 2.45) is 0 Å². The lowest BCUT2D eigenvalue weighted by molar-refractivity contribution is 0.0600. The zero-order chi connectivity index (χ0) is 12.1. The molecule has 0 spiro atoms. The first-order valence-corrected chi connectivity index (χ1v) is 4.80. The van der Waals surface area contributed by atoms with Gasteiger partial charge in [-0.3, -0.25) is 0 Å². The summed E-state index contributed by atoms with van der Waals surface area (Å²) in [7, 11) is 2.88. The largest absolute Gasteiger partial charge is 0.465 e. The third-order valence-electron chi connectivity index (χ3n) is 2.18. The maximum absolute atomic E-state index is 13.5. The smallest absolute Gasteiger partial charge is 0.337 e. The molecule has 0 aromatic heterocycles. The molecule has 0 bridgehead atoms. The number of halogens is 1. The molecular formula is C11H14FNO3. The Morgan fingerprint density at radius 3 is 2.81 bits per heavy atom. The maximum atomic E-state index is 13.5. The van der Waals surface area contributed by atoms with Gasteiger partial charge in [0.05, 0.1) is 18.8 Å². The summed E-state index contributed by atoms with van der Waals surface area (Å²) in [5, 5.41) is 12.3. The molecule has 5 heteroatoms. The van der Waals surface area contributed by atoms with Crippen molar-refractivity contribution in [2.45, 2.75) is 6.10 Å². The van der Waals surface area contributed by atoms with E-state index in [2.05, 4.69) is 10.1 Å². The molecule has 1 aromatic rings. The summed E-state index contributed by atoms with van der Waals surface area (Å²) in [5.41, 5.74) is 0.280. The minimum atomic E-state index is -0.934. The molecule has 1 unspecified atom stereocenters. The first-order valence-electron chi connectivity index (χ1n) is 4.80. The molecule has 0 fully saturated rings. The van der Waals surface area contributed by atoms with Gasteiger partial charge in [-0.05, 0) is 19.2 Å². The fraction of sp³-hybridized carbons (Fsp3) is 0.364. The Balaban J connectivity index is 2.95. The van der Waals surface area contributed by atoms with Crippen LogP contribution < -0.4 is 5.32 Å². The van der Waals surface area contributed by atoms with E-state index < -0.39 is 17.9 Å². The number of hydrogen-bond donors (Lipinski definition) is 2. The monoisotopic (exact) mass is 227 g/mol. The van der Waals surface area contributed by atoms with Crippen molar-refractivity contribution in [1.29, 1.82) is 0 Å². The van der Waals surface area contributed by atoms with E-state index in [9.17, 15) is 14.3 Å². The lowest BCUT2D eigenvalue weighted by Gasteiger charge is -2.11. The number of carbonyl (C=O) groups excluding carboxylic acids is 1. The number of esters is 1. The number of carbonyl (C=O) groups is 1. The summed E-state index contributed by atoms with van der Waals surface area (Å²) in [6.45, 7) is 0.245. The molecular weight excluding hydrogens is 213 g/mol. The van der Waals surface area contributed by atoms with Gasteiger partial charge < -0.3 is 15.2 Å². The van der Waals surface area contributed by atoms with Gasteiger partial charge in [0.15, 0.2) is 0 Å². The third kappa shape index (κ3) is 2.77. The number of hydrogen-bond acceptors (Lipinski definition) is 4. The summed E-state index contributed by atoms with van der Waals surface area (Å²) < 4.78 is 18.0. The molecule has 1 rings (SSSR count). The van der Waals surface area contributed by atoms with Crippen LogP contribution in [0.15, 0.2) is 18.2 Å². The maximum Gasteiger partial charge on any atom is 0.337 e. The van der Waals surface area contributed by atoms with Gasteiger partial charge in [0.25, 0.3) is 0 Å². The van der Waals surface area contributed by atoms with E-state index in [0.29, 0.717) is 0 Å². The van der Waals surface area contributed by atoms with Crippen molar-refractivity contribution < 1.29 is 19.0 Å². The molecule has 1 aromatic carbocycles. The SMILES string of the molecule is CNCC(O)c1ccc(C(=O)OC)cc1F. The molecule has 0 aliphatic heterocycles. The van der Waals surface area contributed by atoms with Crippen molar-refractivity contribution in [3.05, 3.63) is 35.1 Å². The molecule has 0 aliphatic carbocycles. The summed E-state index contributed by atoms with van der Waals surface area (Å²) in [5.74, 6) is -1.22. The average molecular weight is 227 g/mol. The molecule has 16 heavy (non-hydrogen) atoms. The van der Waals surface area contributed by atoms with E-state index in [-0.39, 0.29) is 17.7 Å². The van der Waals surface area contributed by atoms with Crippen LogP contribution in [0.3, 0.4) is 0 Å². The second kappa shape index (κ2) is 5.58. The lowest BCUT2D eigenvalue weighted by atomic mass is 10.1. The van der Waals surface area contributed by atoms with E-state index in [1.165, 1.54) is 19.2 Å². The van der Waals surface area contributed by atoms with Gasteiger partial charge in [-0.25, -0.2) is 9.18 Å². The second-order valence-corrected chi connectivity index (χ2v) is 3.30. The first kappa shape index (κ1) is 12.6. The summed E-state index contributed by atoms with van der Waals surface area (Å²) in [6, 6.07) is 3.85. The number of likely N-dealkylation sites (N-methyl/N-ethyl adjacent to an activating group) is 1. The van der Waals surface area contributed by atoms with E-state index in [4.69, 9.17) is 0 Å². The normalized spacial score (nSPS) is 12.2. The van der Waals surface area contributed by atoms with Crippen LogP contribution in [0.25, 0.3) is 0 Å². The molecule has 0 radical (unpaired) electrons. The van der Waals surface area contributed by atoms with Crippen LogP contribution in [-0.4, -0.2) is 31.8 Å². The molecule has 88 valence electrons. The molecule has 0 saturated carbocycles. The fourth-order valence-electron chi connectivity index (χ4n) is 1.35. The summed E-state index contributed by atoms with van der Waals surface area (Å²) >= 11 is 0. The Labute approximate surface area is 93.0 Å². The number of benzene rings is 1. The number of aliphatic hydroxyl groups is 1. The van der Waals surface area contributed by atoms with Crippen LogP contribution in [0.5, 0.6) is 0 Å². The number of aliphatic hydroxyl groups excluding tert-OH is 1. The summed E-state index contributed by atoms with van der Waals surface area (Å²) in [6.07, 6.45) is -0.934. The lowest BCUT2D eigenvalue weighted by Crippen LogP contribution is -2.18. The van der Waals surface area contributed by atoms with Crippen LogP contribution in [0.1, 0.15) is 22.0 Å². The van der Waals surface area contributed by atoms with Crippen LogP contribution in [0.2, 0.25) is 0 Å².